The zero-order valence-corrected chi connectivity index (χ0v) is 14.7. The lowest BCUT2D eigenvalue weighted by molar-refractivity contribution is -0.115. The molecule has 1 fully saturated rings. The number of amides is 1. The molecule has 0 aliphatic carbocycles. The number of fused-ring (bicyclic) bond motifs is 5. The number of anilines is 1. The van der Waals surface area contributed by atoms with E-state index in [2.05, 4.69) is 32.0 Å². The Morgan fingerprint density at radius 3 is 2.78 bits per heavy atom. The summed E-state index contributed by atoms with van der Waals surface area (Å²) in [6.07, 6.45) is 0.989. The van der Waals surface area contributed by atoms with Crippen LogP contribution in [0.4, 0.5) is 5.69 Å². The minimum absolute atomic E-state index is 0.0777. The SMILES string of the molecule is CCC1c2ccc(C)cc2C2SCC(=O)N2c2ccc(Cl)cc21. The van der Waals surface area contributed by atoms with Gasteiger partial charge in [0.1, 0.15) is 5.37 Å². The molecule has 2 atom stereocenters. The number of carbonyl (C=O) groups excluding carboxylic acids is 1. The Morgan fingerprint density at radius 2 is 2.00 bits per heavy atom. The van der Waals surface area contributed by atoms with Crippen LogP contribution in [-0.4, -0.2) is 11.7 Å². The van der Waals surface area contributed by atoms with E-state index in [1.807, 2.05) is 23.1 Å². The van der Waals surface area contributed by atoms with Crippen LogP contribution in [0.5, 0.6) is 0 Å². The highest BCUT2D eigenvalue weighted by Crippen LogP contribution is 2.51. The second-order valence-electron chi connectivity index (χ2n) is 6.22. The van der Waals surface area contributed by atoms with Gasteiger partial charge in [-0.15, -0.1) is 11.8 Å². The van der Waals surface area contributed by atoms with E-state index < -0.39 is 0 Å². The molecule has 0 bridgehead atoms. The highest BCUT2D eigenvalue weighted by molar-refractivity contribution is 8.00. The van der Waals surface area contributed by atoms with Gasteiger partial charge in [0.25, 0.3) is 0 Å². The first kappa shape index (κ1) is 15.1. The molecule has 2 aromatic carbocycles. The predicted molar refractivity (Wildman–Crippen MR) is 97.5 cm³/mol. The molecule has 2 aliphatic heterocycles. The van der Waals surface area contributed by atoms with E-state index in [0.717, 1.165) is 17.1 Å². The Bertz CT molecular complexity index is 804. The lowest BCUT2D eigenvalue weighted by Gasteiger charge is -2.24. The molecule has 0 radical (unpaired) electrons. The molecule has 4 rings (SSSR count). The van der Waals surface area contributed by atoms with Gasteiger partial charge in [-0.25, -0.2) is 0 Å². The number of halogens is 1. The summed E-state index contributed by atoms with van der Waals surface area (Å²) < 4.78 is 0. The van der Waals surface area contributed by atoms with E-state index in [1.165, 1.54) is 22.3 Å². The number of carbonyl (C=O) groups is 1. The molecule has 0 spiro atoms. The molecule has 1 amide bonds. The van der Waals surface area contributed by atoms with Crippen molar-refractivity contribution in [2.45, 2.75) is 31.6 Å². The normalized spacial score (nSPS) is 22.4. The number of rotatable bonds is 1. The number of aryl methyl sites for hydroxylation is 1. The van der Waals surface area contributed by atoms with Crippen LogP contribution in [-0.2, 0) is 4.79 Å². The van der Waals surface area contributed by atoms with E-state index >= 15 is 0 Å². The summed E-state index contributed by atoms with van der Waals surface area (Å²) in [5.74, 6) is 1.00. The number of nitrogens with zero attached hydrogens (tertiary/aromatic N) is 1. The lowest BCUT2D eigenvalue weighted by Crippen LogP contribution is -2.27. The van der Waals surface area contributed by atoms with Crippen molar-refractivity contribution in [1.82, 2.24) is 0 Å². The van der Waals surface area contributed by atoms with Crippen LogP contribution in [0.2, 0.25) is 5.02 Å². The third kappa shape index (κ3) is 2.29. The zero-order chi connectivity index (χ0) is 16.1. The first-order valence-corrected chi connectivity index (χ1v) is 9.36. The maximum absolute atomic E-state index is 12.6. The van der Waals surface area contributed by atoms with Gasteiger partial charge in [0.15, 0.2) is 0 Å². The van der Waals surface area contributed by atoms with Crippen LogP contribution in [0.25, 0.3) is 0 Å². The van der Waals surface area contributed by atoms with Crippen molar-refractivity contribution in [2.24, 2.45) is 0 Å². The Labute approximate surface area is 145 Å². The second-order valence-corrected chi connectivity index (χ2v) is 7.73. The first-order valence-electron chi connectivity index (χ1n) is 7.93. The Balaban J connectivity index is 2.04. The van der Waals surface area contributed by atoms with Gasteiger partial charge >= 0.3 is 0 Å². The molecule has 0 aromatic heterocycles. The van der Waals surface area contributed by atoms with Gasteiger partial charge in [0.05, 0.1) is 5.75 Å². The van der Waals surface area contributed by atoms with Crippen LogP contribution in [0, 0.1) is 6.92 Å². The molecule has 4 heteroatoms. The molecule has 118 valence electrons. The smallest absolute Gasteiger partial charge is 0.238 e. The maximum atomic E-state index is 12.6. The minimum atomic E-state index is 0.0777. The molecule has 23 heavy (non-hydrogen) atoms. The fraction of sp³-hybridized carbons (Fsp3) is 0.316. The van der Waals surface area contributed by atoms with Gasteiger partial charge in [-0.1, -0.05) is 42.3 Å². The molecule has 0 N–H and O–H groups in total. The molecule has 0 saturated carbocycles. The quantitative estimate of drug-likeness (QED) is 0.701. The second kappa shape index (κ2) is 5.57. The van der Waals surface area contributed by atoms with Gasteiger partial charge in [-0.3, -0.25) is 9.69 Å². The number of benzene rings is 2. The predicted octanol–water partition coefficient (Wildman–Crippen LogP) is 5.28. The van der Waals surface area contributed by atoms with E-state index in [4.69, 9.17) is 11.6 Å². The summed E-state index contributed by atoms with van der Waals surface area (Å²) in [6, 6.07) is 12.6. The van der Waals surface area contributed by atoms with Crippen molar-refractivity contribution in [3.05, 3.63) is 63.7 Å². The summed E-state index contributed by atoms with van der Waals surface area (Å²) >= 11 is 8.00. The highest BCUT2D eigenvalue weighted by Gasteiger charge is 2.40. The highest BCUT2D eigenvalue weighted by atomic mass is 35.5. The van der Waals surface area contributed by atoms with E-state index in [-0.39, 0.29) is 17.2 Å². The van der Waals surface area contributed by atoms with E-state index in [9.17, 15) is 4.79 Å². The van der Waals surface area contributed by atoms with Crippen LogP contribution in [0.15, 0.2) is 36.4 Å². The summed E-state index contributed by atoms with van der Waals surface area (Å²) in [6.45, 7) is 4.31. The molecule has 2 aliphatic rings. The Morgan fingerprint density at radius 1 is 1.17 bits per heavy atom. The van der Waals surface area contributed by atoms with Crippen LogP contribution < -0.4 is 4.90 Å². The monoisotopic (exact) mass is 343 g/mol. The van der Waals surface area contributed by atoms with Gasteiger partial charge in [0, 0.05) is 16.6 Å². The van der Waals surface area contributed by atoms with Crippen LogP contribution in [0.1, 0.15) is 46.9 Å². The fourth-order valence-corrected chi connectivity index (χ4v) is 5.16. The summed E-state index contributed by atoms with van der Waals surface area (Å²) in [7, 11) is 0. The fourth-order valence-electron chi connectivity index (χ4n) is 3.77. The molecule has 2 aromatic rings. The largest absolute Gasteiger partial charge is 0.295 e. The summed E-state index contributed by atoms with van der Waals surface area (Å²) in [5.41, 5.74) is 6.04. The summed E-state index contributed by atoms with van der Waals surface area (Å²) in [4.78, 5) is 14.5. The lowest BCUT2D eigenvalue weighted by atomic mass is 9.86. The molecular weight excluding hydrogens is 326 g/mol. The van der Waals surface area contributed by atoms with Gasteiger partial charge < -0.3 is 0 Å². The van der Waals surface area contributed by atoms with Crippen molar-refractivity contribution in [2.75, 3.05) is 10.7 Å². The molecule has 2 nitrogen and oxygen atoms in total. The Kier molecular flexibility index (Phi) is 3.66. The number of hydrogen-bond acceptors (Lipinski definition) is 2. The van der Waals surface area contributed by atoms with Gasteiger partial charge in [-0.05, 0) is 48.2 Å². The third-order valence-corrected chi connectivity index (χ3v) is 6.21. The van der Waals surface area contributed by atoms with Gasteiger partial charge in [-0.2, -0.15) is 0 Å². The number of thioether (sulfide) groups is 1. The van der Waals surface area contributed by atoms with Crippen LogP contribution in [0.3, 0.4) is 0 Å². The Hall–Kier alpha value is -1.45. The van der Waals surface area contributed by atoms with Gasteiger partial charge in [0.2, 0.25) is 5.91 Å². The third-order valence-electron chi connectivity index (χ3n) is 4.78. The standard InChI is InChI=1S/C19H18ClNOS/c1-3-13-14-6-4-11(2)8-16(14)19-21(18(22)10-23-19)17-7-5-12(20)9-15(13)17/h4-9,13,19H,3,10H2,1-2H3. The molecule has 2 heterocycles. The van der Waals surface area contributed by atoms with Crippen molar-refractivity contribution in [1.29, 1.82) is 0 Å². The first-order chi connectivity index (χ1) is 11.1. The van der Waals surface area contributed by atoms with Crippen molar-refractivity contribution in [3.63, 3.8) is 0 Å². The average molecular weight is 344 g/mol. The average Bonchev–Trinajstić information content (AvgIpc) is 2.86. The maximum Gasteiger partial charge on any atom is 0.238 e. The van der Waals surface area contributed by atoms with Crippen molar-refractivity contribution in [3.8, 4) is 0 Å². The van der Waals surface area contributed by atoms with E-state index in [1.54, 1.807) is 11.8 Å². The van der Waals surface area contributed by atoms with Crippen molar-refractivity contribution >= 4 is 35.0 Å². The topological polar surface area (TPSA) is 20.3 Å². The molecule has 1 saturated heterocycles. The summed E-state index contributed by atoms with van der Waals surface area (Å²) in [5, 5.41) is 0.808. The van der Waals surface area contributed by atoms with Crippen LogP contribution >= 0.6 is 23.4 Å². The zero-order valence-electron chi connectivity index (χ0n) is 13.2. The molecule has 2 unspecified atom stereocenters. The van der Waals surface area contributed by atoms with E-state index in [0.29, 0.717) is 5.75 Å². The molecular formula is C19H18ClNOS. The minimum Gasteiger partial charge on any atom is -0.295 e. The van der Waals surface area contributed by atoms with Crippen molar-refractivity contribution < 1.29 is 4.79 Å². The number of hydrogen-bond donors (Lipinski definition) is 0.